The van der Waals surface area contributed by atoms with Gasteiger partial charge in [0.15, 0.2) is 5.82 Å². The van der Waals surface area contributed by atoms with Gasteiger partial charge < -0.3 is 10.6 Å². The summed E-state index contributed by atoms with van der Waals surface area (Å²) in [6.07, 6.45) is 3.29. The van der Waals surface area contributed by atoms with E-state index in [1.165, 1.54) is 25.0 Å². The first-order valence-electron chi connectivity index (χ1n) is 8.75. The molecule has 1 fully saturated rings. The van der Waals surface area contributed by atoms with E-state index in [2.05, 4.69) is 22.5 Å². The summed E-state index contributed by atoms with van der Waals surface area (Å²) in [4.78, 5) is 9.34. The van der Waals surface area contributed by atoms with Crippen LogP contribution in [0.2, 0.25) is 0 Å². The minimum atomic E-state index is -0.245. The van der Waals surface area contributed by atoms with E-state index >= 15 is 0 Å². The van der Waals surface area contributed by atoms with Crippen molar-refractivity contribution in [3.05, 3.63) is 41.3 Å². The number of benzene rings is 1. The van der Waals surface area contributed by atoms with E-state index in [1.54, 1.807) is 12.1 Å². The lowest BCUT2D eigenvalue weighted by molar-refractivity contribution is 0.389. The predicted molar refractivity (Wildman–Crippen MR) is 95.6 cm³/mol. The van der Waals surface area contributed by atoms with E-state index in [0.29, 0.717) is 11.7 Å². The van der Waals surface area contributed by atoms with Gasteiger partial charge in [-0.1, -0.05) is 6.92 Å². The van der Waals surface area contributed by atoms with E-state index in [9.17, 15) is 4.39 Å². The minimum absolute atomic E-state index is 0.245. The number of aryl methyl sites for hydroxylation is 1. The zero-order valence-electron chi connectivity index (χ0n) is 14.4. The number of hydrogen-bond donors (Lipinski definition) is 2. The lowest BCUT2D eigenvalue weighted by Crippen LogP contribution is -2.31. The van der Waals surface area contributed by atoms with Crippen molar-refractivity contribution in [2.45, 2.75) is 33.1 Å². The molecule has 1 aromatic heterocycles. The summed E-state index contributed by atoms with van der Waals surface area (Å²) in [6.45, 7) is 7.27. The first kappa shape index (κ1) is 16.8. The molecule has 0 atom stereocenters. The summed E-state index contributed by atoms with van der Waals surface area (Å²) in [5, 5.41) is 6.94. The molecule has 0 unspecified atom stereocenters. The highest BCUT2D eigenvalue weighted by Crippen LogP contribution is 2.24. The molecule has 2 heterocycles. The lowest BCUT2D eigenvalue weighted by Gasteiger charge is -2.24. The quantitative estimate of drug-likeness (QED) is 0.881. The summed E-state index contributed by atoms with van der Waals surface area (Å²) in [5.74, 6) is 2.01. The lowest BCUT2D eigenvalue weighted by atomic mass is 9.98. The monoisotopic (exact) mass is 328 g/mol. The number of halogens is 1. The van der Waals surface area contributed by atoms with Crippen molar-refractivity contribution in [2.24, 2.45) is 5.92 Å². The maximum absolute atomic E-state index is 13.1. The largest absolute Gasteiger partial charge is 0.369 e. The first-order valence-corrected chi connectivity index (χ1v) is 8.75. The molecule has 3 rings (SSSR count). The number of hydrogen-bond acceptors (Lipinski definition) is 4. The van der Waals surface area contributed by atoms with Crippen molar-refractivity contribution in [1.29, 1.82) is 0 Å². The smallest absolute Gasteiger partial charge is 0.161 e. The minimum Gasteiger partial charge on any atom is -0.369 e. The Balaban J connectivity index is 1.84. The Morgan fingerprint density at radius 3 is 2.54 bits per heavy atom. The van der Waals surface area contributed by atoms with Crippen LogP contribution in [0, 0.1) is 18.7 Å². The highest BCUT2D eigenvalue weighted by molar-refractivity contribution is 5.59. The van der Waals surface area contributed by atoms with Gasteiger partial charge in [0.05, 0.1) is 0 Å². The van der Waals surface area contributed by atoms with Crippen LogP contribution in [0.3, 0.4) is 0 Å². The van der Waals surface area contributed by atoms with Crippen molar-refractivity contribution in [3.8, 4) is 11.4 Å². The van der Waals surface area contributed by atoms with Crippen LogP contribution in [0.5, 0.6) is 0 Å². The summed E-state index contributed by atoms with van der Waals surface area (Å²) < 4.78 is 13.1. The van der Waals surface area contributed by atoms with Gasteiger partial charge in [-0.2, -0.15) is 0 Å². The van der Waals surface area contributed by atoms with Crippen molar-refractivity contribution in [1.82, 2.24) is 15.3 Å². The Labute approximate surface area is 142 Å². The second kappa shape index (κ2) is 7.71. The molecule has 0 amide bonds. The van der Waals surface area contributed by atoms with E-state index in [4.69, 9.17) is 4.98 Å². The van der Waals surface area contributed by atoms with Crippen molar-refractivity contribution in [2.75, 3.05) is 25.0 Å². The van der Waals surface area contributed by atoms with Crippen molar-refractivity contribution >= 4 is 5.82 Å². The molecular formula is C19H25FN4. The molecule has 0 spiro atoms. The fraction of sp³-hybridized carbons (Fsp3) is 0.474. The number of piperidine rings is 1. The van der Waals surface area contributed by atoms with Gasteiger partial charge in [0.1, 0.15) is 11.6 Å². The number of nitrogens with one attached hydrogen (secondary N) is 2. The standard InChI is InChI=1S/C19H25FN4/c1-3-17-13(2)23-18(15-4-6-16(20)7-5-15)24-19(17)22-12-14-8-10-21-11-9-14/h4-7,14,21H,3,8-12H2,1-2H3,(H,22,23,24). The number of aromatic nitrogens is 2. The summed E-state index contributed by atoms with van der Waals surface area (Å²) in [6, 6.07) is 6.35. The van der Waals surface area contributed by atoms with Crippen LogP contribution in [-0.4, -0.2) is 29.6 Å². The van der Waals surface area contributed by atoms with E-state index in [-0.39, 0.29) is 5.82 Å². The van der Waals surface area contributed by atoms with Gasteiger partial charge in [-0.25, -0.2) is 14.4 Å². The fourth-order valence-corrected chi connectivity index (χ4v) is 3.22. The normalized spacial score (nSPS) is 15.5. The maximum atomic E-state index is 13.1. The third-order valence-electron chi connectivity index (χ3n) is 4.69. The molecule has 1 aliphatic rings. The van der Waals surface area contributed by atoms with Crippen LogP contribution in [-0.2, 0) is 6.42 Å². The summed E-state index contributed by atoms with van der Waals surface area (Å²) in [7, 11) is 0. The number of nitrogens with zero attached hydrogens (tertiary/aromatic N) is 2. The van der Waals surface area contributed by atoms with Gasteiger partial charge in [-0.15, -0.1) is 0 Å². The molecule has 1 aromatic carbocycles. The Hall–Kier alpha value is -2.01. The Kier molecular flexibility index (Phi) is 5.41. The van der Waals surface area contributed by atoms with Crippen LogP contribution in [0.1, 0.15) is 31.0 Å². The SMILES string of the molecule is CCc1c(C)nc(-c2ccc(F)cc2)nc1NCC1CCNCC1. The molecule has 1 aliphatic heterocycles. The highest BCUT2D eigenvalue weighted by atomic mass is 19.1. The third-order valence-corrected chi connectivity index (χ3v) is 4.69. The van der Waals surface area contributed by atoms with Gasteiger partial charge in [0.2, 0.25) is 0 Å². The molecule has 4 nitrogen and oxygen atoms in total. The molecule has 5 heteroatoms. The second-order valence-electron chi connectivity index (χ2n) is 6.39. The molecule has 128 valence electrons. The molecule has 0 bridgehead atoms. The van der Waals surface area contributed by atoms with Crippen LogP contribution >= 0.6 is 0 Å². The van der Waals surface area contributed by atoms with Crippen LogP contribution in [0.25, 0.3) is 11.4 Å². The molecule has 0 saturated carbocycles. The van der Waals surface area contributed by atoms with E-state index < -0.39 is 0 Å². The van der Waals surface area contributed by atoms with Crippen molar-refractivity contribution < 1.29 is 4.39 Å². The zero-order valence-corrected chi connectivity index (χ0v) is 14.4. The van der Waals surface area contributed by atoms with Gasteiger partial charge in [0.25, 0.3) is 0 Å². The predicted octanol–water partition coefficient (Wildman–Crippen LogP) is 3.57. The molecule has 2 aromatic rings. The summed E-state index contributed by atoms with van der Waals surface area (Å²) in [5.41, 5.74) is 2.99. The van der Waals surface area contributed by atoms with Gasteiger partial charge in [-0.3, -0.25) is 0 Å². The maximum Gasteiger partial charge on any atom is 0.161 e. The Morgan fingerprint density at radius 2 is 1.88 bits per heavy atom. The second-order valence-corrected chi connectivity index (χ2v) is 6.39. The van der Waals surface area contributed by atoms with Crippen LogP contribution < -0.4 is 10.6 Å². The molecule has 1 saturated heterocycles. The number of anilines is 1. The average Bonchev–Trinajstić information content (AvgIpc) is 2.61. The molecular weight excluding hydrogens is 303 g/mol. The first-order chi connectivity index (χ1) is 11.7. The summed E-state index contributed by atoms with van der Waals surface area (Å²) >= 11 is 0. The van der Waals surface area contributed by atoms with E-state index in [1.807, 2.05) is 6.92 Å². The Bertz CT molecular complexity index is 679. The average molecular weight is 328 g/mol. The Morgan fingerprint density at radius 1 is 1.17 bits per heavy atom. The van der Waals surface area contributed by atoms with Gasteiger partial charge in [0, 0.05) is 23.4 Å². The fourth-order valence-electron chi connectivity index (χ4n) is 3.22. The van der Waals surface area contributed by atoms with E-state index in [0.717, 1.165) is 48.7 Å². The molecule has 24 heavy (non-hydrogen) atoms. The van der Waals surface area contributed by atoms with Gasteiger partial charge in [-0.05, 0) is 69.5 Å². The molecule has 0 aliphatic carbocycles. The molecule has 2 N–H and O–H groups in total. The van der Waals surface area contributed by atoms with Crippen molar-refractivity contribution in [3.63, 3.8) is 0 Å². The van der Waals surface area contributed by atoms with Crippen LogP contribution in [0.4, 0.5) is 10.2 Å². The molecule has 0 radical (unpaired) electrons. The van der Waals surface area contributed by atoms with Gasteiger partial charge >= 0.3 is 0 Å². The van der Waals surface area contributed by atoms with Crippen LogP contribution in [0.15, 0.2) is 24.3 Å². The number of rotatable bonds is 5. The third kappa shape index (κ3) is 3.90. The zero-order chi connectivity index (χ0) is 16.9. The topological polar surface area (TPSA) is 49.8 Å². The highest BCUT2D eigenvalue weighted by Gasteiger charge is 2.16.